The first-order valence-corrected chi connectivity index (χ1v) is 9.00. The highest BCUT2D eigenvalue weighted by molar-refractivity contribution is 6.33. The molecule has 1 fully saturated rings. The third kappa shape index (κ3) is 3.78. The molecule has 27 heavy (non-hydrogen) atoms. The van der Waals surface area contributed by atoms with Gasteiger partial charge in [-0.1, -0.05) is 23.7 Å². The smallest absolute Gasteiger partial charge is 0.319 e. The lowest BCUT2D eigenvalue weighted by Gasteiger charge is -2.22. The first kappa shape index (κ1) is 17.5. The van der Waals surface area contributed by atoms with E-state index in [0.29, 0.717) is 42.0 Å². The number of urea groups is 1. The zero-order chi connectivity index (χ0) is 18.8. The summed E-state index contributed by atoms with van der Waals surface area (Å²) in [5.41, 5.74) is 1.24. The number of carbonyl (C=O) groups is 2. The van der Waals surface area contributed by atoms with Crippen molar-refractivity contribution in [1.29, 1.82) is 0 Å². The van der Waals surface area contributed by atoms with Crippen LogP contribution < -0.4 is 25.0 Å². The lowest BCUT2D eigenvalue weighted by Crippen LogP contribution is -2.39. The van der Waals surface area contributed by atoms with Gasteiger partial charge in [-0.05, 0) is 24.3 Å². The molecule has 3 amide bonds. The summed E-state index contributed by atoms with van der Waals surface area (Å²) >= 11 is 6.04. The summed E-state index contributed by atoms with van der Waals surface area (Å²) in [4.78, 5) is 26.3. The molecule has 8 heteroatoms. The van der Waals surface area contributed by atoms with Crippen LogP contribution in [0.15, 0.2) is 42.5 Å². The predicted octanol–water partition coefficient (Wildman–Crippen LogP) is 3.04. The van der Waals surface area contributed by atoms with E-state index in [-0.39, 0.29) is 18.4 Å². The molecule has 1 saturated heterocycles. The quantitative estimate of drug-likeness (QED) is 0.848. The van der Waals surface area contributed by atoms with Crippen LogP contribution in [0.5, 0.6) is 11.5 Å². The second-order valence-corrected chi connectivity index (χ2v) is 6.72. The number of nitrogens with zero attached hydrogens (tertiary/aromatic N) is 1. The lowest BCUT2D eigenvalue weighted by molar-refractivity contribution is -0.117. The third-order valence-electron chi connectivity index (χ3n) is 4.42. The number of anilines is 2. The monoisotopic (exact) mass is 387 g/mol. The summed E-state index contributed by atoms with van der Waals surface area (Å²) in [5, 5.41) is 5.97. The Labute approximate surface area is 161 Å². The largest absolute Gasteiger partial charge is 0.486 e. The number of nitrogens with one attached hydrogen (secondary N) is 2. The fraction of sp³-hybridized carbons (Fsp3) is 0.263. The topological polar surface area (TPSA) is 79.9 Å². The zero-order valence-corrected chi connectivity index (χ0v) is 15.2. The van der Waals surface area contributed by atoms with E-state index in [1.54, 1.807) is 41.3 Å². The molecule has 0 bridgehead atoms. The number of hydrogen-bond donors (Lipinski definition) is 2. The van der Waals surface area contributed by atoms with Crippen molar-refractivity contribution < 1.29 is 19.1 Å². The van der Waals surface area contributed by atoms with Gasteiger partial charge >= 0.3 is 6.03 Å². The van der Waals surface area contributed by atoms with Crippen LogP contribution in [0.3, 0.4) is 0 Å². The Bertz CT molecular complexity index is 889. The van der Waals surface area contributed by atoms with Gasteiger partial charge in [-0.15, -0.1) is 0 Å². The number of rotatable bonds is 3. The summed E-state index contributed by atoms with van der Waals surface area (Å²) in [5.74, 6) is 1.24. The first-order chi connectivity index (χ1) is 13.1. The Kier molecular flexibility index (Phi) is 4.77. The molecule has 0 spiro atoms. The molecular weight excluding hydrogens is 370 g/mol. The van der Waals surface area contributed by atoms with Crippen LogP contribution in [0.2, 0.25) is 5.02 Å². The van der Waals surface area contributed by atoms with Gasteiger partial charge in [0.05, 0.1) is 16.8 Å². The number of halogens is 1. The van der Waals surface area contributed by atoms with Gasteiger partial charge in [-0.2, -0.15) is 0 Å². The second-order valence-electron chi connectivity index (χ2n) is 6.31. The van der Waals surface area contributed by atoms with Crippen molar-refractivity contribution in [3.8, 4) is 11.5 Å². The maximum absolute atomic E-state index is 12.4. The summed E-state index contributed by atoms with van der Waals surface area (Å²) in [7, 11) is 0. The molecule has 0 saturated carbocycles. The Balaban J connectivity index is 1.40. The van der Waals surface area contributed by atoms with Crippen LogP contribution in [-0.4, -0.2) is 37.7 Å². The number of benzene rings is 2. The number of hydrogen-bond acceptors (Lipinski definition) is 4. The van der Waals surface area contributed by atoms with Crippen molar-refractivity contribution in [2.24, 2.45) is 0 Å². The van der Waals surface area contributed by atoms with Gasteiger partial charge in [0.1, 0.15) is 13.2 Å². The molecule has 2 heterocycles. The van der Waals surface area contributed by atoms with Crippen LogP contribution in [0, 0.1) is 0 Å². The number of ether oxygens (including phenoxy) is 2. The molecule has 0 aromatic heterocycles. The molecule has 1 unspecified atom stereocenters. The average molecular weight is 388 g/mol. The molecule has 7 nitrogen and oxygen atoms in total. The molecule has 2 aliphatic heterocycles. The van der Waals surface area contributed by atoms with E-state index < -0.39 is 6.03 Å². The van der Waals surface area contributed by atoms with Gasteiger partial charge < -0.3 is 25.0 Å². The van der Waals surface area contributed by atoms with Gasteiger partial charge in [0.2, 0.25) is 5.91 Å². The summed E-state index contributed by atoms with van der Waals surface area (Å²) in [6.07, 6.45) is 0.227. The zero-order valence-electron chi connectivity index (χ0n) is 14.4. The Morgan fingerprint density at radius 3 is 2.70 bits per heavy atom. The number of carbonyl (C=O) groups excluding carboxylic acids is 2. The molecular formula is C19H18ClN3O4. The van der Waals surface area contributed by atoms with Crippen molar-refractivity contribution in [2.75, 3.05) is 30.0 Å². The maximum Gasteiger partial charge on any atom is 0.319 e. The number of para-hydroxylation sites is 1. The SMILES string of the molecule is O=C(Nc1ccccc1Cl)NC1CC(=O)N(c2ccc3c(c2)OCCO3)C1. The van der Waals surface area contributed by atoms with Crippen LogP contribution >= 0.6 is 11.6 Å². The van der Waals surface area contributed by atoms with Gasteiger partial charge in [-0.25, -0.2) is 4.79 Å². The van der Waals surface area contributed by atoms with E-state index in [9.17, 15) is 9.59 Å². The molecule has 0 radical (unpaired) electrons. The van der Waals surface area contributed by atoms with Crippen LogP contribution in [-0.2, 0) is 4.79 Å². The average Bonchev–Trinajstić information content (AvgIpc) is 3.03. The second kappa shape index (κ2) is 7.36. The number of amides is 3. The first-order valence-electron chi connectivity index (χ1n) is 8.62. The van der Waals surface area contributed by atoms with Gasteiger partial charge in [0, 0.05) is 24.7 Å². The van der Waals surface area contributed by atoms with Crippen molar-refractivity contribution in [3.63, 3.8) is 0 Å². The fourth-order valence-corrected chi connectivity index (χ4v) is 3.34. The third-order valence-corrected chi connectivity index (χ3v) is 4.75. The minimum atomic E-state index is -0.398. The number of fused-ring (bicyclic) bond motifs is 1. The van der Waals surface area contributed by atoms with Crippen molar-refractivity contribution in [1.82, 2.24) is 5.32 Å². The maximum atomic E-state index is 12.4. The van der Waals surface area contributed by atoms with Crippen molar-refractivity contribution in [2.45, 2.75) is 12.5 Å². The Morgan fingerprint density at radius 1 is 1.11 bits per heavy atom. The lowest BCUT2D eigenvalue weighted by atomic mass is 10.2. The summed E-state index contributed by atoms with van der Waals surface area (Å²) < 4.78 is 11.1. The standard InChI is InChI=1S/C19H18ClN3O4/c20-14-3-1-2-4-15(14)22-19(25)21-12-9-18(24)23(11-12)13-5-6-16-17(10-13)27-8-7-26-16/h1-6,10,12H,7-9,11H2,(H2,21,22,25). The van der Waals surface area contributed by atoms with Crippen molar-refractivity contribution >= 4 is 34.9 Å². The molecule has 4 rings (SSSR count). The molecule has 2 aromatic carbocycles. The molecule has 140 valence electrons. The normalized spacial score (nSPS) is 18.3. The summed E-state index contributed by atoms with van der Waals surface area (Å²) in [6, 6.07) is 11.7. The fourth-order valence-electron chi connectivity index (χ4n) is 3.16. The van der Waals surface area contributed by atoms with Gasteiger partial charge in [0.25, 0.3) is 0 Å². The highest BCUT2D eigenvalue weighted by Gasteiger charge is 2.32. The van der Waals surface area contributed by atoms with E-state index in [0.717, 1.165) is 5.69 Å². The molecule has 0 aliphatic carbocycles. The van der Waals surface area contributed by atoms with Crippen LogP contribution in [0.1, 0.15) is 6.42 Å². The minimum absolute atomic E-state index is 0.0604. The van der Waals surface area contributed by atoms with E-state index in [1.807, 2.05) is 6.07 Å². The van der Waals surface area contributed by atoms with E-state index in [1.165, 1.54) is 0 Å². The molecule has 2 aromatic rings. The molecule has 2 N–H and O–H groups in total. The minimum Gasteiger partial charge on any atom is -0.486 e. The van der Waals surface area contributed by atoms with E-state index in [4.69, 9.17) is 21.1 Å². The van der Waals surface area contributed by atoms with Gasteiger partial charge in [-0.3, -0.25) is 4.79 Å². The van der Waals surface area contributed by atoms with Crippen LogP contribution in [0.25, 0.3) is 0 Å². The highest BCUT2D eigenvalue weighted by Crippen LogP contribution is 2.35. The van der Waals surface area contributed by atoms with Crippen LogP contribution in [0.4, 0.5) is 16.2 Å². The summed E-state index contributed by atoms with van der Waals surface area (Å²) in [6.45, 7) is 1.38. The molecule has 1 atom stereocenters. The van der Waals surface area contributed by atoms with Crippen molar-refractivity contribution in [3.05, 3.63) is 47.5 Å². The highest BCUT2D eigenvalue weighted by atomic mass is 35.5. The Morgan fingerprint density at radius 2 is 1.89 bits per heavy atom. The predicted molar refractivity (Wildman–Crippen MR) is 102 cm³/mol. The molecule has 2 aliphatic rings. The Hall–Kier alpha value is -2.93. The van der Waals surface area contributed by atoms with E-state index >= 15 is 0 Å². The van der Waals surface area contributed by atoms with E-state index in [2.05, 4.69) is 10.6 Å². The van der Waals surface area contributed by atoms with Gasteiger partial charge in [0.15, 0.2) is 11.5 Å².